The third-order valence-corrected chi connectivity index (χ3v) is 4.75. The number of rotatable bonds is 0. The fraction of sp³-hybridized carbons (Fsp3) is 0.846. The second-order valence-corrected chi connectivity index (χ2v) is 5.71. The molecule has 5 heteroatoms. The average molecular weight is 253 g/mol. The van der Waals surface area contributed by atoms with Crippen molar-refractivity contribution in [2.24, 2.45) is 5.92 Å². The van der Waals surface area contributed by atoms with Crippen LogP contribution in [0, 0.1) is 5.92 Å². The summed E-state index contributed by atoms with van der Waals surface area (Å²) < 4.78 is 5.57. The maximum absolute atomic E-state index is 11.9. The summed E-state index contributed by atoms with van der Waals surface area (Å²) in [7, 11) is 0. The van der Waals surface area contributed by atoms with E-state index in [0.717, 1.165) is 19.4 Å². The molecule has 3 rings (SSSR count). The molecule has 0 aromatic rings. The number of esters is 1. The van der Waals surface area contributed by atoms with Gasteiger partial charge in [0, 0.05) is 13.0 Å². The molecule has 3 aliphatic rings. The Morgan fingerprint density at radius 1 is 1.39 bits per heavy atom. The Kier molecular flexibility index (Phi) is 2.62. The molecule has 1 spiro atoms. The van der Waals surface area contributed by atoms with Crippen LogP contribution in [0.1, 0.15) is 39.0 Å². The van der Waals surface area contributed by atoms with Crippen molar-refractivity contribution < 1.29 is 19.4 Å². The Morgan fingerprint density at radius 3 is 2.83 bits per heavy atom. The normalized spacial score (nSPS) is 44.1. The van der Waals surface area contributed by atoms with E-state index in [9.17, 15) is 14.7 Å². The minimum atomic E-state index is -0.848. The van der Waals surface area contributed by atoms with E-state index in [-0.39, 0.29) is 17.9 Å². The minimum absolute atomic E-state index is 0.128. The molecule has 3 heterocycles. The molecule has 0 radical (unpaired) electrons. The molecule has 18 heavy (non-hydrogen) atoms. The van der Waals surface area contributed by atoms with Crippen LogP contribution in [0.3, 0.4) is 0 Å². The molecule has 4 unspecified atom stereocenters. The van der Waals surface area contributed by atoms with Crippen LogP contribution < -0.4 is 0 Å². The van der Waals surface area contributed by atoms with E-state index in [0.29, 0.717) is 19.3 Å². The Balaban J connectivity index is 1.99. The van der Waals surface area contributed by atoms with Gasteiger partial charge in [0.1, 0.15) is 6.10 Å². The van der Waals surface area contributed by atoms with E-state index in [4.69, 9.17) is 4.74 Å². The Labute approximate surface area is 106 Å². The molecule has 3 aliphatic heterocycles. The SMILES string of the molecule is CC1C(=O)OC2(CCCCN3C(=O)CCC32)C1O. The van der Waals surface area contributed by atoms with Crippen LogP contribution >= 0.6 is 0 Å². The third-order valence-electron chi connectivity index (χ3n) is 4.75. The first kappa shape index (κ1) is 12.0. The van der Waals surface area contributed by atoms with Gasteiger partial charge in [-0.1, -0.05) is 0 Å². The summed E-state index contributed by atoms with van der Waals surface area (Å²) in [4.78, 5) is 25.5. The van der Waals surface area contributed by atoms with Crippen LogP contribution in [0.2, 0.25) is 0 Å². The van der Waals surface area contributed by atoms with Crippen LogP contribution in [0.25, 0.3) is 0 Å². The number of amides is 1. The molecule has 0 aromatic heterocycles. The molecular formula is C13H19NO4. The molecule has 4 atom stereocenters. The monoisotopic (exact) mass is 253 g/mol. The average Bonchev–Trinajstić information content (AvgIpc) is 2.73. The summed E-state index contributed by atoms with van der Waals surface area (Å²) in [6.07, 6.45) is 2.88. The van der Waals surface area contributed by atoms with Gasteiger partial charge in [-0.25, -0.2) is 0 Å². The van der Waals surface area contributed by atoms with E-state index in [1.165, 1.54) is 0 Å². The predicted octanol–water partition coefficient (Wildman–Crippen LogP) is 0.454. The maximum atomic E-state index is 11.9. The van der Waals surface area contributed by atoms with Crippen molar-refractivity contribution >= 4 is 11.9 Å². The summed E-state index contributed by atoms with van der Waals surface area (Å²) in [5.41, 5.74) is -0.848. The van der Waals surface area contributed by atoms with Crippen LogP contribution in [0.15, 0.2) is 0 Å². The van der Waals surface area contributed by atoms with Gasteiger partial charge in [0.15, 0.2) is 5.60 Å². The van der Waals surface area contributed by atoms with Gasteiger partial charge in [-0.05, 0) is 32.6 Å². The van der Waals surface area contributed by atoms with Crippen molar-refractivity contribution in [3.05, 3.63) is 0 Å². The van der Waals surface area contributed by atoms with E-state index in [1.54, 1.807) is 6.92 Å². The van der Waals surface area contributed by atoms with Crippen LogP contribution in [-0.4, -0.2) is 46.2 Å². The van der Waals surface area contributed by atoms with Gasteiger partial charge in [0.05, 0.1) is 12.0 Å². The van der Waals surface area contributed by atoms with Crippen molar-refractivity contribution in [2.45, 2.75) is 56.8 Å². The molecule has 100 valence electrons. The second kappa shape index (κ2) is 3.95. The molecule has 0 bridgehead atoms. The van der Waals surface area contributed by atoms with Gasteiger partial charge in [-0.15, -0.1) is 0 Å². The van der Waals surface area contributed by atoms with E-state index in [2.05, 4.69) is 0 Å². The van der Waals surface area contributed by atoms with Gasteiger partial charge in [0.25, 0.3) is 0 Å². The maximum Gasteiger partial charge on any atom is 0.312 e. The highest BCUT2D eigenvalue weighted by Crippen LogP contribution is 2.45. The summed E-state index contributed by atoms with van der Waals surface area (Å²) in [5, 5.41) is 10.4. The number of carbonyl (C=O) groups is 2. The molecule has 0 aromatic carbocycles. The van der Waals surface area contributed by atoms with Crippen LogP contribution in [0.5, 0.6) is 0 Å². The lowest BCUT2D eigenvalue weighted by molar-refractivity contribution is -0.161. The van der Waals surface area contributed by atoms with Crippen molar-refractivity contribution in [2.75, 3.05) is 6.54 Å². The van der Waals surface area contributed by atoms with Crippen LogP contribution in [0.4, 0.5) is 0 Å². The number of ether oxygens (including phenoxy) is 1. The fourth-order valence-electron chi connectivity index (χ4n) is 3.73. The summed E-state index contributed by atoms with van der Waals surface area (Å²) >= 11 is 0. The van der Waals surface area contributed by atoms with Crippen molar-refractivity contribution in [1.82, 2.24) is 4.90 Å². The number of fused-ring (bicyclic) bond motifs is 2. The molecule has 1 N–H and O–H groups in total. The van der Waals surface area contributed by atoms with Gasteiger partial charge >= 0.3 is 5.97 Å². The third kappa shape index (κ3) is 1.43. The molecule has 5 nitrogen and oxygen atoms in total. The zero-order chi connectivity index (χ0) is 12.9. The van der Waals surface area contributed by atoms with Gasteiger partial charge in [-0.3, -0.25) is 9.59 Å². The van der Waals surface area contributed by atoms with Gasteiger partial charge in [0.2, 0.25) is 5.91 Å². The van der Waals surface area contributed by atoms with Gasteiger partial charge < -0.3 is 14.7 Å². The predicted molar refractivity (Wildman–Crippen MR) is 62.6 cm³/mol. The molecule has 3 saturated heterocycles. The Morgan fingerprint density at radius 2 is 2.17 bits per heavy atom. The number of aliphatic hydroxyl groups excluding tert-OH is 1. The van der Waals surface area contributed by atoms with Crippen LogP contribution in [-0.2, 0) is 14.3 Å². The number of nitrogens with zero attached hydrogens (tertiary/aromatic N) is 1. The topological polar surface area (TPSA) is 66.8 Å². The number of aliphatic hydroxyl groups is 1. The number of hydrogen-bond acceptors (Lipinski definition) is 4. The lowest BCUT2D eigenvalue weighted by atomic mass is 9.80. The summed E-state index contributed by atoms with van der Waals surface area (Å²) in [6, 6.07) is -0.128. The van der Waals surface area contributed by atoms with Crippen molar-refractivity contribution in [3.63, 3.8) is 0 Å². The van der Waals surface area contributed by atoms with E-state index >= 15 is 0 Å². The Hall–Kier alpha value is -1.10. The lowest BCUT2D eigenvalue weighted by Crippen LogP contribution is -2.55. The minimum Gasteiger partial charge on any atom is -0.454 e. The van der Waals surface area contributed by atoms with Crippen molar-refractivity contribution in [3.8, 4) is 0 Å². The molecule has 0 saturated carbocycles. The molecule has 3 fully saturated rings. The smallest absolute Gasteiger partial charge is 0.312 e. The first-order valence-electron chi connectivity index (χ1n) is 6.76. The van der Waals surface area contributed by atoms with Gasteiger partial charge in [-0.2, -0.15) is 0 Å². The van der Waals surface area contributed by atoms with E-state index < -0.39 is 17.6 Å². The molecule has 0 aliphatic carbocycles. The number of carbonyl (C=O) groups excluding carboxylic acids is 2. The Bertz CT molecular complexity index is 396. The zero-order valence-electron chi connectivity index (χ0n) is 10.6. The highest BCUT2D eigenvalue weighted by molar-refractivity contribution is 5.80. The first-order chi connectivity index (χ1) is 8.56. The summed E-state index contributed by atoms with van der Waals surface area (Å²) in [5.74, 6) is -0.687. The fourth-order valence-corrected chi connectivity index (χ4v) is 3.73. The highest BCUT2D eigenvalue weighted by atomic mass is 16.6. The summed E-state index contributed by atoms with van der Waals surface area (Å²) in [6.45, 7) is 2.43. The lowest BCUT2D eigenvalue weighted by Gasteiger charge is -2.39. The molecular weight excluding hydrogens is 234 g/mol. The number of hydrogen-bond donors (Lipinski definition) is 1. The standard InChI is InChI=1S/C13H19NO4/c1-8-11(16)13(18-12(8)17)6-2-3-7-14-9(13)4-5-10(14)15/h8-9,11,16H,2-7H2,1H3. The highest BCUT2D eigenvalue weighted by Gasteiger charge is 2.61. The first-order valence-corrected chi connectivity index (χ1v) is 6.76. The van der Waals surface area contributed by atoms with Crippen molar-refractivity contribution in [1.29, 1.82) is 0 Å². The molecule has 1 amide bonds. The quantitative estimate of drug-likeness (QED) is 0.637. The van der Waals surface area contributed by atoms with E-state index in [1.807, 2.05) is 4.90 Å². The second-order valence-electron chi connectivity index (χ2n) is 5.71. The zero-order valence-corrected chi connectivity index (χ0v) is 10.6. The largest absolute Gasteiger partial charge is 0.454 e.